The second kappa shape index (κ2) is 5.80. The number of aryl methyl sites for hydroxylation is 1. The van der Waals surface area contributed by atoms with Gasteiger partial charge in [0.05, 0.1) is 0 Å². The molecule has 0 spiro atoms. The summed E-state index contributed by atoms with van der Waals surface area (Å²) in [6.45, 7) is 8.00. The zero-order valence-corrected chi connectivity index (χ0v) is 10.3. The monoisotopic (exact) mass is 221 g/mol. The minimum Gasteiger partial charge on any atom is -0.313 e. The smallest absolute Gasteiger partial charge is 0.123 e. The van der Waals surface area contributed by atoms with Crippen molar-refractivity contribution in [3.63, 3.8) is 0 Å². The van der Waals surface area contributed by atoms with E-state index >= 15 is 0 Å². The first-order valence-corrected chi connectivity index (χ1v) is 5.67. The molecule has 88 valence electrons. The van der Waals surface area contributed by atoms with Crippen molar-refractivity contribution in [2.45, 2.75) is 32.7 Å². The van der Waals surface area contributed by atoms with Crippen molar-refractivity contribution in [3.05, 3.63) is 47.3 Å². The summed E-state index contributed by atoms with van der Waals surface area (Å²) in [6.07, 6.45) is 1.82. The van der Waals surface area contributed by atoms with Crippen LogP contribution in [-0.4, -0.2) is 7.05 Å². The van der Waals surface area contributed by atoms with E-state index in [1.165, 1.54) is 5.57 Å². The van der Waals surface area contributed by atoms with Gasteiger partial charge in [0, 0.05) is 6.04 Å². The zero-order chi connectivity index (χ0) is 12.1. The molecule has 1 unspecified atom stereocenters. The summed E-state index contributed by atoms with van der Waals surface area (Å²) < 4.78 is 13.3. The zero-order valence-electron chi connectivity index (χ0n) is 10.3. The van der Waals surface area contributed by atoms with Crippen LogP contribution >= 0.6 is 0 Å². The Hall–Kier alpha value is -1.15. The van der Waals surface area contributed by atoms with Gasteiger partial charge in [-0.15, -0.1) is 0 Å². The molecule has 0 saturated carbocycles. The molecule has 1 aromatic rings. The predicted molar refractivity (Wildman–Crippen MR) is 67.0 cm³/mol. The van der Waals surface area contributed by atoms with Gasteiger partial charge in [0.2, 0.25) is 0 Å². The van der Waals surface area contributed by atoms with Gasteiger partial charge in [0.25, 0.3) is 0 Å². The van der Waals surface area contributed by atoms with E-state index in [4.69, 9.17) is 0 Å². The molecule has 0 aliphatic heterocycles. The minimum absolute atomic E-state index is 0.154. The highest BCUT2D eigenvalue weighted by atomic mass is 19.1. The summed E-state index contributed by atoms with van der Waals surface area (Å²) >= 11 is 0. The van der Waals surface area contributed by atoms with Crippen molar-refractivity contribution in [1.82, 2.24) is 5.32 Å². The molecule has 0 bridgehead atoms. The van der Waals surface area contributed by atoms with E-state index < -0.39 is 0 Å². The number of benzene rings is 1. The number of halogens is 1. The molecule has 1 atom stereocenters. The molecule has 0 saturated heterocycles. The van der Waals surface area contributed by atoms with Gasteiger partial charge in [-0.25, -0.2) is 4.39 Å². The summed E-state index contributed by atoms with van der Waals surface area (Å²) in [5.74, 6) is -0.169. The van der Waals surface area contributed by atoms with Gasteiger partial charge in [0.1, 0.15) is 5.82 Å². The van der Waals surface area contributed by atoms with Crippen LogP contribution < -0.4 is 5.32 Å². The van der Waals surface area contributed by atoms with Crippen LogP contribution in [0.2, 0.25) is 0 Å². The Bertz CT molecular complexity index is 351. The maximum Gasteiger partial charge on any atom is 0.123 e. The van der Waals surface area contributed by atoms with E-state index in [2.05, 4.69) is 18.8 Å². The molecule has 2 heteroatoms. The molecule has 1 rings (SSSR count). The SMILES string of the molecule is C=C(CC)CC(NC)c1cc(C)cc(F)c1. The molecule has 0 fully saturated rings. The lowest BCUT2D eigenvalue weighted by Gasteiger charge is -2.18. The van der Waals surface area contributed by atoms with Crippen LogP contribution in [0.5, 0.6) is 0 Å². The number of nitrogens with one attached hydrogen (secondary N) is 1. The predicted octanol–water partition coefficient (Wildman–Crippen LogP) is 3.75. The fraction of sp³-hybridized carbons (Fsp3) is 0.429. The van der Waals surface area contributed by atoms with Crippen molar-refractivity contribution >= 4 is 0 Å². The summed E-state index contributed by atoms with van der Waals surface area (Å²) in [5.41, 5.74) is 3.13. The summed E-state index contributed by atoms with van der Waals surface area (Å²) in [4.78, 5) is 0. The second-order valence-corrected chi connectivity index (χ2v) is 4.21. The molecule has 1 N–H and O–H groups in total. The number of hydrogen-bond donors (Lipinski definition) is 1. The lowest BCUT2D eigenvalue weighted by atomic mass is 9.97. The molecular weight excluding hydrogens is 201 g/mol. The average molecular weight is 221 g/mol. The third kappa shape index (κ3) is 3.46. The largest absolute Gasteiger partial charge is 0.313 e. The van der Waals surface area contributed by atoms with Gasteiger partial charge in [-0.2, -0.15) is 0 Å². The molecule has 0 aromatic heterocycles. The first-order chi connectivity index (χ1) is 7.56. The fourth-order valence-electron chi connectivity index (χ4n) is 1.79. The first-order valence-electron chi connectivity index (χ1n) is 5.67. The van der Waals surface area contributed by atoms with Crippen LogP contribution in [0.3, 0.4) is 0 Å². The highest BCUT2D eigenvalue weighted by molar-refractivity contribution is 5.27. The van der Waals surface area contributed by atoms with Crippen LogP contribution in [-0.2, 0) is 0 Å². The highest BCUT2D eigenvalue weighted by Gasteiger charge is 2.11. The standard InChI is InChI=1S/C14H20FN/c1-5-10(2)8-14(16-4)12-6-11(3)7-13(15)9-12/h6-7,9,14,16H,2,5,8H2,1,3-4H3. The molecule has 0 radical (unpaired) electrons. The average Bonchev–Trinajstić information content (AvgIpc) is 2.24. The van der Waals surface area contributed by atoms with E-state index in [1.807, 2.05) is 20.0 Å². The van der Waals surface area contributed by atoms with Crippen molar-refractivity contribution in [3.8, 4) is 0 Å². The maximum absolute atomic E-state index is 13.3. The van der Waals surface area contributed by atoms with E-state index in [-0.39, 0.29) is 11.9 Å². The van der Waals surface area contributed by atoms with Crippen molar-refractivity contribution in [1.29, 1.82) is 0 Å². The maximum atomic E-state index is 13.3. The molecular formula is C14H20FN. The number of rotatable bonds is 5. The third-order valence-corrected chi connectivity index (χ3v) is 2.81. The molecule has 0 heterocycles. The van der Waals surface area contributed by atoms with Gasteiger partial charge < -0.3 is 5.32 Å². The van der Waals surface area contributed by atoms with Gasteiger partial charge >= 0.3 is 0 Å². The molecule has 1 aromatic carbocycles. The van der Waals surface area contributed by atoms with Crippen LogP contribution in [0.15, 0.2) is 30.4 Å². The molecule has 0 amide bonds. The highest BCUT2D eigenvalue weighted by Crippen LogP contribution is 2.23. The van der Waals surface area contributed by atoms with E-state index in [1.54, 1.807) is 12.1 Å². The van der Waals surface area contributed by atoms with E-state index in [9.17, 15) is 4.39 Å². The van der Waals surface area contributed by atoms with Crippen LogP contribution in [0.4, 0.5) is 4.39 Å². The Labute approximate surface area is 97.4 Å². The summed E-state index contributed by atoms with van der Waals surface area (Å²) in [5, 5.41) is 3.21. The second-order valence-electron chi connectivity index (χ2n) is 4.21. The Morgan fingerprint density at radius 2 is 2.12 bits per heavy atom. The molecule has 0 aliphatic carbocycles. The van der Waals surface area contributed by atoms with Gasteiger partial charge in [-0.3, -0.25) is 0 Å². The Balaban J connectivity index is 2.90. The fourth-order valence-corrected chi connectivity index (χ4v) is 1.79. The number of hydrogen-bond acceptors (Lipinski definition) is 1. The van der Waals surface area contributed by atoms with Crippen LogP contribution in [0, 0.1) is 12.7 Å². The lowest BCUT2D eigenvalue weighted by molar-refractivity contribution is 0.569. The van der Waals surface area contributed by atoms with Crippen LogP contribution in [0.1, 0.15) is 36.9 Å². The topological polar surface area (TPSA) is 12.0 Å². The Morgan fingerprint density at radius 1 is 1.44 bits per heavy atom. The third-order valence-electron chi connectivity index (χ3n) is 2.81. The molecule has 0 aliphatic rings. The summed E-state index contributed by atoms with van der Waals surface area (Å²) in [6, 6.07) is 5.32. The lowest BCUT2D eigenvalue weighted by Crippen LogP contribution is -2.17. The van der Waals surface area contributed by atoms with Crippen LogP contribution in [0.25, 0.3) is 0 Å². The molecule has 1 nitrogen and oxygen atoms in total. The van der Waals surface area contributed by atoms with Crippen molar-refractivity contribution in [2.75, 3.05) is 7.05 Å². The Morgan fingerprint density at radius 3 is 2.62 bits per heavy atom. The van der Waals surface area contributed by atoms with E-state index in [0.29, 0.717) is 0 Å². The van der Waals surface area contributed by atoms with Crippen molar-refractivity contribution in [2.24, 2.45) is 0 Å². The molecule has 16 heavy (non-hydrogen) atoms. The van der Waals surface area contributed by atoms with E-state index in [0.717, 1.165) is 24.0 Å². The minimum atomic E-state index is -0.169. The van der Waals surface area contributed by atoms with Gasteiger partial charge in [-0.1, -0.05) is 25.1 Å². The van der Waals surface area contributed by atoms with Gasteiger partial charge in [-0.05, 0) is 50.1 Å². The summed E-state index contributed by atoms with van der Waals surface area (Å²) in [7, 11) is 1.90. The quantitative estimate of drug-likeness (QED) is 0.747. The van der Waals surface area contributed by atoms with Crippen molar-refractivity contribution < 1.29 is 4.39 Å². The normalized spacial score (nSPS) is 12.5. The Kier molecular flexibility index (Phi) is 4.69. The first kappa shape index (κ1) is 12.9. The van der Waals surface area contributed by atoms with Gasteiger partial charge in [0.15, 0.2) is 0 Å².